The first kappa shape index (κ1) is 10.4. The van der Waals surface area contributed by atoms with E-state index in [2.05, 4.69) is 5.32 Å². The maximum absolute atomic E-state index is 11.4. The van der Waals surface area contributed by atoms with Crippen LogP contribution in [0.15, 0.2) is 30.0 Å². The summed E-state index contributed by atoms with van der Waals surface area (Å²) in [6.07, 6.45) is 1.69. The SMILES string of the molecule is Cc1ccc(/C=C2/C(=O)NC(=O)N2C)cc1. The van der Waals surface area contributed by atoms with Gasteiger partial charge in [0.15, 0.2) is 0 Å². The summed E-state index contributed by atoms with van der Waals surface area (Å²) in [5.41, 5.74) is 2.42. The highest BCUT2D eigenvalue weighted by molar-refractivity contribution is 6.13. The molecule has 1 fully saturated rings. The highest BCUT2D eigenvalue weighted by Gasteiger charge is 2.29. The standard InChI is InChI=1S/C12H12N2O2/c1-8-3-5-9(6-4-8)7-10-11(15)13-12(16)14(10)2/h3-7H,1-2H3,(H,13,15,16)/b10-7-. The molecule has 82 valence electrons. The summed E-state index contributed by atoms with van der Waals surface area (Å²) in [7, 11) is 1.57. The van der Waals surface area contributed by atoms with Crippen LogP contribution in [0, 0.1) is 6.92 Å². The Morgan fingerprint density at radius 2 is 1.81 bits per heavy atom. The summed E-state index contributed by atoms with van der Waals surface area (Å²) in [4.78, 5) is 23.9. The predicted molar refractivity (Wildman–Crippen MR) is 60.5 cm³/mol. The molecular weight excluding hydrogens is 204 g/mol. The number of urea groups is 1. The molecule has 1 aromatic carbocycles. The molecule has 1 heterocycles. The van der Waals surface area contributed by atoms with Crippen LogP contribution in [0.1, 0.15) is 11.1 Å². The van der Waals surface area contributed by atoms with E-state index in [9.17, 15) is 9.59 Å². The van der Waals surface area contributed by atoms with Crippen molar-refractivity contribution in [3.8, 4) is 0 Å². The molecule has 1 aliphatic heterocycles. The summed E-state index contributed by atoms with van der Waals surface area (Å²) in [6, 6.07) is 7.35. The van der Waals surface area contributed by atoms with Crippen LogP contribution in [0.2, 0.25) is 0 Å². The van der Waals surface area contributed by atoms with Gasteiger partial charge in [-0.05, 0) is 18.6 Å². The van der Waals surface area contributed by atoms with Gasteiger partial charge in [-0.15, -0.1) is 0 Å². The molecule has 0 aliphatic carbocycles. The summed E-state index contributed by atoms with van der Waals surface area (Å²) < 4.78 is 0. The van der Waals surface area contributed by atoms with Gasteiger partial charge in [0.1, 0.15) is 5.70 Å². The monoisotopic (exact) mass is 216 g/mol. The fourth-order valence-electron chi connectivity index (χ4n) is 1.49. The van der Waals surface area contributed by atoms with Crippen molar-refractivity contribution in [2.75, 3.05) is 7.05 Å². The molecule has 0 atom stereocenters. The number of carbonyl (C=O) groups excluding carboxylic acids is 2. The summed E-state index contributed by atoms with van der Waals surface area (Å²) in [5.74, 6) is -0.354. The third kappa shape index (κ3) is 1.82. The number of hydrogen-bond acceptors (Lipinski definition) is 2. The van der Waals surface area contributed by atoms with Gasteiger partial charge in [-0.1, -0.05) is 29.8 Å². The Morgan fingerprint density at radius 1 is 1.19 bits per heavy atom. The lowest BCUT2D eigenvalue weighted by Gasteiger charge is -2.06. The lowest BCUT2D eigenvalue weighted by molar-refractivity contribution is -0.115. The third-order valence-electron chi connectivity index (χ3n) is 2.50. The molecule has 3 amide bonds. The Labute approximate surface area is 93.6 Å². The van der Waals surface area contributed by atoms with Gasteiger partial charge in [-0.25, -0.2) is 4.79 Å². The van der Waals surface area contributed by atoms with Gasteiger partial charge < -0.3 is 0 Å². The van der Waals surface area contributed by atoms with Crippen LogP contribution in [-0.4, -0.2) is 23.9 Å². The molecule has 1 aliphatic rings. The van der Waals surface area contributed by atoms with E-state index in [1.165, 1.54) is 4.90 Å². The van der Waals surface area contributed by atoms with Crippen LogP contribution >= 0.6 is 0 Å². The van der Waals surface area contributed by atoms with Crippen molar-refractivity contribution in [2.45, 2.75) is 6.92 Å². The molecule has 0 unspecified atom stereocenters. The summed E-state index contributed by atoms with van der Waals surface area (Å²) >= 11 is 0. The molecule has 1 N–H and O–H groups in total. The Bertz CT molecular complexity index is 474. The van der Waals surface area contributed by atoms with Crippen molar-refractivity contribution >= 4 is 18.0 Å². The topological polar surface area (TPSA) is 49.4 Å². The number of nitrogens with one attached hydrogen (secondary N) is 1. The lowest BCUT2D eigenvalue weighted by Crippen LogP contribution is -2.24. The molecule has 0 radical (unpaired) electrons. The molecule has 0 saturated carbocycles. The molecular formula is C12H12N2O2. The number of amides is 3. The number of likely N-dealkylation sites (N-methyl/N-ethyl adjacent to an activating group) is 1. The van der Waals surface area contributed by atoms with Crippen molar-refractivity contribution < 1.29 is 9.59 Å². The molecule has 0 spiro atoms. The average Bonchev–Trinajstić information content (AvgIpc) is 2.48. The molecule has 1 aromatic rings. The maximum atomic E-state index is 11.4. The predicted octanol–water partition coefficient (Wildman–Crippen LogP) is 1.52. The molecule has 0 aromatic heterocycles. The quantitative estimate of drug-likeness (QED) is 0.571. The van der Waals surface area contributed by atoms with E-state index in [1.54, 1.807) is 13.1 Å². The van der Waals surface area contributed by atoms with E-state index >= 15 is 0 Å². The minimum Gasteiger partial charge on any atom is -0.292 e. The van der Waals surface area contributed by atoms with Crippen LogP contribution in [0.5, 0.6) is 0 Å². The zero-order chi connectivity index (χ0) is 11.7. The van der Waals surface area contributed by atoms with Crippen molar-refractivity contribution in [3.05, 3.63) is 41.1 Å². The Hall–Kier alpha value is -2.10. The number of aryl methyl sites for hydroxylation is 1. The summed E-state index contributed by atoms with van der Waals surface area (Å²) in [5, 5.41) is 2.23. The number of imide groups is 1. The first-order valence-electron chi connectivity index (χ1n) is 4.95. The maximum Gasteiger partial charge on any atom is 0.328 e. The Kier molecular flexibility index (Phi) is 2.48. The van der Waals surface area contributed by atoms with Crippen LogP contribution in [0.25, 0.3) is 6.08 Å². The number of nitrogens with zero attached hydrogens (tertiary/aromatic N) is 1. The van der Waals surface area contributed by atoms with Gasteiger partial charge in [0, 0.05) is 7.05 Å². The van der Waals surface area contributed by atoms with Gasteiger partial charge in [0.2, 0.25) is 0 Å². The van der Waals surface area contributed by atoms with Gasteiger partial charge in [-0.2, -0.15) is 0 Å². The second kappa shape index (κ2) is 3.81. The van der Waals surface area contributed by atoms with Crippen LogP contribution in [-0.2, 0) is 4.79 Å². The lowest BCUT2D eigenvalue weighted by atomic mass is 10.1. The number of rotatable bonds is 1. The van der Waals surface area contributed by atoms with Crippen LogP contribution in [0.4, 0.5) is 4.79 Å². The van der Waals surface area contributed by atoms with Gasteiger partial charge in [0.05, 0.1) is 0 Å². The van der Waals surface area contributed by atoms with Gasteiger partial charge in [-0.3, -0.25) is 15.0 Å². The molecule has 1 saturated heterocycles. The number of hydrogen-bond donors (Lipinski definition) is 1. The van der Waals surface area contributed by atoms with Crippen molar-refractivity contribution in [1.82, 2.24) is 10.2 Å². The molecule has 2 rings (SSSR count). The van der Waals surface area contributed by atoms with Crippen molar-refractivity contribution in [2.24, 2.45) is 0 Å². The highest BCUT2D eigenvalue weighted by Crippen LogP contribution is 2.15. The zero-order valence-electron chi connectivity index (χ0n) is 9.15. The minimum atomic E-state index is -0.386. The van der Waals surface area contributed by atoms with E-state index in [-0.39, 0.29) is 11.9 Å². The minimum absolute atomic E-state index is 0.354. The van der Waals surface area contributed by atoms with E-state index < -0.39 is 0 Å². The highest BCUT2D eigenvalue weighted by atomic mass is 16.2. The molecule has 4 nitrogen and oxygen atoms in total. The first-order valence-corrected chi connectivity index (χ1v) is 4.95. The first-order chi connectivity index (χ1) is 7.58. The van der Waals surface area contributed by atoms with Gasteiger partial charge >= 0.3 is 6.03 Å². The normalized spacial score (nSPS) is 18.1. The molecule has 16 heavy (non-hydrogen) atoms. The van der Waals surface area contributed by atoms with E-state index in [4.69, 9.17) is 0 Å². The Morgan fingerprint density at radius 3 is 2.31 bits per heavy atom. The van der Waals surface area contributed by atoms with Crippen LogP contribution in [0.3, 0.4) is 0 Å². The zero-order valence-corrected chi connectivity index (χ0v) is 9.15. The Balaban J connectivity index is 2.34. The average molecular weight is 216 g/mol. The second-order valence-electron chi connectivity index (χ2n) is 3.76. The molecule has 4 heteroatoms. The largest absolute Gasteiger partial charge is 0.328 e. The number of benzene rings is 1. The third-order valence-corrected chi connectivity index (χ3v) is 2.50. The van der Waals surface area contributed by atoms with E-state index in [0.717, 1.165) is 11.1 Å². The smallest absolute Gasteiger partial charge is 0.292 e. The van der Waals surface area contributed by atoms with E-state index in [1.807, 2.05) is 31.2 Å². The van der Waals surface area contributed by atoms with Gasteiger partial charge in [0.25, 0.3) is 5.91 Å². The van der Waals surface area contributed by atoms with Crippen LogP contribution < -0.4 is 5.32 Å². The fourth-order valence-corrected chi connectivity index (χ4v) is 1.49. The number of carbonyl (C=O) groups is 2. The second-order valence-corrected chi connectivity index (χ2v) is 3.76. The van der Waals surface area contributed by atoms with Crippen molar-refractivity contribution in [3.63, 3.8) is 0 Å². The van der Waals surface area contributed by atoms with E-state index in [0.29, 0.717) is 5.70 Å². The van der Waals surface area contributed by atoms with Crippen molar-refractivity contribution in [1.29, 1.82) is 0 Å². The fraction of sp³-hybridized carbons (Fsp3) is 0.167. The molecule has 0 bridgehead atoms. The summed E-state index contributed by atoms with van der Waals surface area (Å²) in [6.45, 7) is 1.99.